The maximum atomic E-state index is 12.6. The molecule has 1 aliphatic carbocycles. The Kier molecular flexibility index (Phi) is 3.67. The fourth-order valence-corrected chi connectivity index (χ4v) is 4.09. The minimum absolute atomic E-state index is 0.0557. The van der Waals surface area contributed by atoms with Crippen LogP contribution >= 0.6 is 0 Å². The summed E-state index contributed by atoms with van der Waals surface area (Å²) in [6.45, 7) is 0.921. The van der Waals surface area contributed by atoms with Crippen molar-refractivity contribution in [2.45, 2.75) is 23.2 Å². The normalized spacial score (nSPS) is 19.6. The Morgan fingerprint density at radius 2 is 1.88 bits per heavy atom. The molecule has 1 saturated heterocycles. The summed E-state index contributed by atoms with van der Waals surface area (Å²) >= 11 is 0. The molecule has 24 heavy (non-hydrogen) atoms. The molecule has 1 aliphatic heterocycles. The zero-order valence-electron chi connectivity index (χ0n) is 12.4. The lowest BCUT2D eigenvalue weighted by molar-refractivity contribution is -0.0436. The molecule has 1 spiro atoms. The fourth-order valence-electron chi connectivity index (χ4n) is 3.28. The van der Waals surface area contributed by atoms with Crippen LogP contribution in [0.4, 0.5) is 18.0 Å². The summed E-state index contributed by atoms with van der Waals surface area (Å²) in [4.78, 5) is 11.3. The second-order valence-electron chi connectivity index (χ2n) is 6.32. The summed E-state index contributed by atoms with van der Waals surface area (Å²) in [7, 11) is -5.36. The van der Waals surface area contributed by atoms with Crippen LogP contribution in [-0.2, 0) is 9.84 Å². The minimum atomic E-state index is -5.36. The summed E-state index contributed by atoms with van der Waals surface area (Å²) in [5.41, 5.74) is -4.02. The monoisotopic (exact) mass is 361 g/mol. The average Bonchev–Trinajstić information content (AvgIpc) is 2.38. The number of nitrogens with zero attached hydrogens (tertiary/aromatic N) is 1. The number of allylic oxidation sites excluding steroid dienone is 1. The number of rotatable bonds is 2. The number of carboxylic acid groups (broad SMARTS) is 1. The molecule has 1 saturated carbocycles. The largest absolute Gasteiger partial charge is 0.501 e. The molecule has 0 aromatic heterocycles. The van der Waals surface area contributed by atoms with Gasteiger partial charge in [0.1, 0.15) is 0 Å². The summed E-state index contributed by atoms with van der Waals surface area (Å²) in [6, 6.07) is 4.74. The van der Waals surface area contributed by atoms with Crippen LogP contribution in [0.1, 0.15) is 18.4 Å². The zero-order valence-corrected chi connectivity index (χ0v) is 13.2. The van der Waals surface area contributed by atoms with Crippen LogP contribution in [0.2, 0.25) is 0 Å². The lowest BCUT2D eigenvalue weighted by atomic mass is 9.60. The summed E-state index contributed by atoms with van der Waals surface area (Å²) in [5, 5.41) is 8.82. The van der Waals surface area contributed by atoms with Gasteiger partial charge in [0.25, 0.3) is 9.84 Å². The van der Waals surface area contributed by atoms with Crippen LogP contribution in [-0.4, -0.2) is 43.1 Å². The number of benzene rings is 1. The van der Waals surface area contributed by atoms with E-state index in [1.54, 1.807) is 6.08 Å². The van der Waals surface area contributed by atoms with Crippen molar-refractivity contribution >= 4 is 22.0 Å². The van der Waals surface area contributed by atoms with Crippen molar-refractivity contribution in [3.63, 3.8) is 0 Å². The van der Waals surface area contributed by atoms with Gasteiger partial charge in [0, 0.05) is 18.5 Å². The van der Waals surface area contributed by atoms with Gasteiger partial charge in [-0.25, -0.2) is 13.2 Å². The first-order valence-electron chi connectivity index (χ1n) is 7.11. The fraction of sp³-hybridized carbons (Fsp3) is 0.400. The number of carbonyl (C=O) groups is 1. The van der Waals surface area contributed by atoms with Crippen molar-refractivity contribution in [3.8, 4) is 0 Å². The number of halogens is 3. The van der Waals surface area contributed by atoms with Gasteiger partial charge in [-0.05, 0) is 30.5 Å². The standard InChI is InChI=1S/C15H14F3NO4S/c16-15(17,18)24(22,23)12-3-1-2-10(5-12)4-11-6-14(7-11)8-19(9-14)13(20)21/h1-5H,6-9H2,(H,20,21). The van der Waals surface area contributed by atoms with E-state index in [1.807, 2.05) is 0 Å². The number of hydrogen-bond acceptors (Lipinski definition) is 3. The van der Waals surface area contributed by atoms with Gasteiger partial charge in [0.2, 0.25) is 0 Å². The smallest absolute Gasteiger partial charge is 0.465 e. The van der Waals surface area contributed by atoms with Crippen LogP contribution < -0.4 is 0 Å². The van der Waals surface area contributed by atoms with Gasteiger partial charge in [-0.15, -0.1) is 0 Å². The molecule has 1 N–H and O–H groups in total. The van der Waals surface area contributed by atoms with E-state index in [0.29, 0.717) is 31.5 Å². The highest BCUT2D eigenvalue weighted by Gasteiger charge is 2.51. The topological polar surface area (TPSA) is 74.7 Å². The first kappa shape index (κ1) is 16.8. The van der Waals surface area contributed by atoms with Gasteiger partial charge in [-0.1, -0.05) is 23.8 Å². The molecule has 1 aromatic carbocycles. The van der Waals surface area contributed by atoms with Crippen molar-refractivity contribution in [2.75, 3.05) is 13.1 Å². The Hall–Kier alpha value is -2.03. The SMILES string of the molecule is O=C(O)N1CC2(CC(=Cc3cccc(S(=O)(=O)C(F)(F)F)c3)C2)C1. The van der Waals surface area contributed by atoms with Gasteiger partial charge < -0.3 is 10.0 Å². The molecular formula is C15H14F3NO4S. The lowest BCUT2D eigenvalue weighted by Crippen LogP contribution is -2.61. The third-order valence-electron chi connectivity index (χ3n) is 4.37. The van der Waals surface area contributed by atoms with Gasteiger partial charge in [0.15, 0.2) is 0 Å². The van der Waals surface area contributed by atoms with Crippen molar-refractivity contribution in [2.24, 2.45) is 5.41 Å². The van der Waals surface area contributed by atoms with Crippen molar-refractivity contribution in [1.29, 1.82) is 0 Å². The molecule has 1 aromatic rings. The molecule has 1 amide bonds. The molecule has 0 atom stereocenters. The van der Waals surface area contributed by atoms with E-state index in [0.717, 1.165) is 17.7 Å². The summed E-state index contributed by atoms with van der Waals surface area (Å²) in [6.07, 6.45) is 2.06. The van der Waals surface area contributed by atoms with Crippen molar-refractivity contribution in [1.82, 2.24) is 4.90 Å². The highest BCUT2D eigenvalue weighted by Crippen LogP contribution is 2.52. The van der Waals surface area contributed by atoms with Crippen LogP contribution in [0, 0.1) is 5.41 Å². The molecule has 0 unspecified atom stereocenters. The maximum absolute atomic E-state index is 12.6. The quantitative estimate of drug-likeness (QED) is 0.878. The molecule has 5 nitrogen and oxygen atoms in total. The summed E-state index contributed by atoms with van der Waals surface area (Å²) < 4.78 is 60.6. The second-order valence-corrected chi connectivity index (χ2v) is 8.26. The van der Waals surface area contributed by atoms with E-state index in [-0.39, 0.29) is 5.41 Å². The van der Waals surface area contributed by atoms with Gasteiger partial charge >= 0.3 is 11.6 Å². The highest BCUT2D eigenvalue weighted by atomic mass is 32.2. The number of hydrogen-bond donors (Lipinski definition) is 1. The molecule has 9 heteroatoms. The van der Waals surface area contributed by atoms with E-state index in [9.17, 15) is 26.4 Å². The van der Waals surface area contributed by atoms with Gasteiger partial charge in [-0.2, -0.15) is 13.2 Å². The van der Waals surface area contributed by atoms with Gasteiger partial charge in [-0.3, -0.25) is 0 Å². The average molecular weight is 361 g/mol. The van der Waals surface area contributed by atoms with E-state index in [2.05, 4.69) is 0 Å². The van der Waals surface area contributed by atoms with Crippen molar-refractivity contribution in [3.05, 3.63) is 35.4 Å². The molecule has 0 bridgehead atoms. The third kappa shape index (κ3) is 2.77. The Bertz CT molecular complexity index is 813. The zero-order chi connectivity index (χ0) is 17.8. The predicted molar refractivity (Wildman–Crippen MR) is 78.9 cm³/mol. The number of likely N-dealkylation sites (tertiary alicyclic amines) is 1. The number of amides is 1. The number of alkyl halides is 3. The van der Waals surface area contributed by atoms with Crippen LogP contribution in [0.3, 0.4) is 0 Å². The molecule has 130 valence electrons. The Labute approximate surface area is 136 Å². The summed E-state index contributed by atoms with van der Waals surface area (Å²) in [5.74, 6) is 0. The van der Waals surface area contributed by atoms with E-state index >= 15 is 0 Å². The predicted octanol–water partition coefficient (Wildman–Crippen LogP) is 3.14. The van der Waals surface area contributed by atoms with Crippen molar-refractivity contribution < 1.29 is 31.5 Å². The first-order chi connectivity index (χ1) is 11.0. The Morgan fingerprint density at radius 1 is 1.25 bits per heavy atom. The third-order valence-corrected chi connectivity index (χ3v) is 5.86. The highest BCUT2D eigenvalue weighted by molar-refractivity contribution is 7.92. The van der Waals surface area contributed by atoms with E-state index in [1.165, 1.54) is 17.0 Å². The van der Waals surface area contributed by atoms with Crippen LogP contribution in [0.15, 0.2) is 34.7 Å². The molecule has 3 rings (SSSR count). The first-order valence-corrected chi connectivity index (χ1v) is 8.60. The van der Waals surface area contributed by atoms with Gasteiger partial charge in [0.05, 0.1) is 4.90 Å². The maximum Gasteiger partial charge on any atom is 0.501 e. The molecular weight excluding hydrogens is 347 g/mol. The second kappa shape index (κ2) is 5.23. The molecule has 2 aliphatic rings. The molecule has 2 fully saturated rings. The Balaban J connectivity index is 1.73. The minimum Gasteiger partial charge on any atom is -0.465 e. The molecule has 0 radical (unpaired) electrons. The van der Waals surface area contributed by atoms with E-state index < -0.39 is 26.3 Å². The van der Waals surface area contributed by atoms with E-state index in [4.69, 9.17) is 5.11 Å². The van der Waals surface area contributed by atoms with Crippen LogP contribution in [0.5, 0.6) is 0 Å². The molecule has 1 heterocycles. The van der Waals surface area contributed by atoms with Crippen LogP contribution in [0.25, 0.3) is 6.08 Å². The Morgan fingerprint density at radius 3 is 2.42 bits per heavy atom. The number of sulfone groups is 1. The lowest BCUT2D eigenvalue weighted by Gasteiger charge is -2.55.